The Labute approximate surface area is 100 Å². The Morgan fingerprint density at radius 2 is 2.06 bits per heavy atom. The molecule has 0 unspecified atom stereocenters. The van der Waals surface area contributed by atoms with E-state index >= 15 is 0 Å². The lowest BCUT2D eigenvalue weighted by Gasteiger charge is -2.48. The first kappa shape index (κ1) is 11.4. The van der Waals surface area contributed by atoms with Crippen molar-refractivity contribution in [3.63, 3.8) is 0 Å². The third-order valence-corrected chi connectivity index (χ3v) is 3.81. The Kier molecular flexibility index (Phi) is 2.49. The second-order valence-corrected chi connectivity index (χ2v) is 5.38. The first-order chi connectivity index (χ1) is 7.40. The first-order valence-electron chi connectivity index (χ1n) is 5.29. The van der Waals surface area contributed by atoms with E-state index in [9.17, 15) is 5.11 Å². The van der Waals surface area contributed by atoms with Crippen molar-refractivity contribution in [1.29, 1.82) is 5.26 Å². The molecule has 1 aliphatic carbocycles. The molecule has 1 saturated carbocycles. The summed E-state index contributed by atoms with van der Waals surface area (Å²) in [4.78, 5) is 0. The highest BCUT2D eigenvalue weighted by atomic mass is 35.5. The van der Waals surface area contributed by atoms with Crippen LogP contribution in [-0.4, -0.2) is 5.11 Å². The van der Waals surface area contributed by atoms with Crippen LogP contribution in [0.5, 0.6) is 0 Å². The molecule has 0 aromatic heterocycles. The minimum Gasteiger partial charge on any atom is -0.385 e. The molecule has 1 aromatic rings. The minimum atomic E-state index is -0.876. The first-order valence-corrected chi connectivity index (χ1v) is 5.67. The molecule has 0 saturated heterocycles. The van der Waals surface area contributed by atoms with Gasteiger partial charge in [-0.3, -0.25) is 0 Å². The van der Waals surface area contributed by atoms with Crippen molar-refractivity contribution in [3.8, 4) is 6.07 Å². The Bertz CT molecular complexity index is 469. The van der Waals surface area contributed by atoms with E-state index < -0.39 is 11.0 Å². The monoisotopic (exact) mass is 235 g/mol. The maximum atomic E-state index is 10.4. The molecule has 2 rings (SSSR count). The van der Waals surface area contributed by atoms with Crippen molar-refractivity contribution in [1.82, 2.24) is 0 Å². The van der Waals surface area contributed by atoms with Crippen molar-refractivity contribution in [2.24, 2.45) is 5.41 Å². The predicted octanol–water partition coefficient (Wildman–Crippen LogP) is 3.16. The molecule has 0 spiro atoms. The van der Waals surface area contributed by atoms with Crippen molar-refractivity contribution in [3.05, 3.63) is 34.3 Å². The summed E-state index contributed by atoms with van der Waals surface area (Å²) in [5.41, 5.74) is 0.488. The van der Waals surface area contributed by atoms with Gasteiger partial charge in [0.15, 0.2) is 0 Å². The quantitative estimate of drug-likeness (QED) is 0.813. The second kappa shape index (κ2) is 3.48. The van der Waals surface area contributed by atoms with Crippen molar-refractivity contribution in [2.45, 2.75) is 32.3 Å². The fourth-order valence-electron chi connectivity index (χ4n) is 2.62. The summed E-state index contributed by atoms with van der Waals surface area (Å²) >= 11 is 6.03. The Balaban J connectivity index is 2.35. The fourth-order valence-corrected chi connectivity index (χ4v) is 2.79. The number of aliphatic hydroxyl groups is 1. The van der Waals surface area contributed by atoms with Gasteiger partial charge in [-0.25, -0.2) is 0 Å². The van der Waals surface area contributed by atoms with Crippen LogP contribution in [0.15, 0.2) is 18.2 Å². The highest BCUT2D eigenvalue weighted by Crippen LogP contribution is 2.54. The maximum Gasteiger partial charge on any atom is 0.0929 e. The van der Waals surface area contributed by atoms with Gasteiger partial charge in [0.25, 0.3) is 0 Å². The van der Waals surface area contributed by atoms with E-state index in [1.165, 1.54) is 0 Å². The second-order valence-electron chi connectivity index (χ2n) is 4.97. The van der Waals surface area contributed by atoms with E-state index in [4.69, 9.17) is 16.9 Å². The number of benzene rings is 1. The standard InChI is InChI=1S/C13H14ClNO/c1-9-10(4-3-5-11(9)14)13(16)6-12(2,7-13)8-15/h3-5,16H,6-7H2,1-2H3. The average Bonchev–Trinajstić information content (AvgIpc) is 2.19. The van der Waals surface area contributed by atoms with Gasteiger partial charge in [0.2, 0.25) is 0 Å². The molecule has 1 N–H and O–H groups in total. The molecule has 16 heavy (non-hydrogen) atoms. The van der Waals surface area contributed by atoms with Crippen LogP contribution in [0.2, 0.25) is 5.02 Å². The van der Waals surface area contributed by atoms with Gasteiger partial charge in [-0.2, -0.15) is 5.26 Å². The number of nitrogens with zero attached hydrogens (tertiary/aromatic N) is 1. The number of hydrogen-bond donors (Lipinski definition) is 1. The van der Waals surface area contributed by atoms with E-state index in [0.717, 1.165) is 11.1 Å². The number of rotatable bonds is 1. The zero-order chi connectivity index (χ0) is 12.0. The van der Waals surface area contributed by atoms with Crippen LogP contribution in [0.1, 0.15) is 30.9 Å². The number of hydrogen-bond acceptors (Lipinski definition) is 2. The van der Waals surface area contributed by atoms with Gasteiger partial charge < -0.3 is 5.11 Å². The summed E-state index contributed by atoms with van der Waals surface area (Å²) in [6, 6.07) is 7.78. The highest BCUT2D eigenvalue weighted by molar-refractivity contribution is 6.31. The fraction of sp³-hybridized carbons (Fsp3) is 0.462. The van der Waals surface area contributed by atoms with Crippen molar-refractivity contribution in [2.75, 3.05) is 0 Å². The zero-order valence-corrected chi connectivity index (χ0v) is 10.2. The molecule has 84 valence electrons. The highest BCUT2D eigenvalue weighted by Gasteiger charge is 2.52. The normalized spacial score (nSPS) is 32.9. The maximum absolute atomic E-state index is 10.4. The summed E-state index contributed by atoms with van der Waals surface area (Å²) in [5.74, 6) is 0. The van der Waals surface area contributed by atoms with E-state index in [0.29, 0.717) is 17.9 Å². The van der Waals surface area contributed by atoms with Gasteiger partial charge in [0.1, 0.15) is 0 Å². The predicted molar refractivity (Wildman–Crippen MR) is 63.0 cm³/mol. The van der Waals surface area contributed by atoms with Crippen molar-refractivity contribution < 1.29 is 5.11 Å². The average molecular weight is 236 g/mol. The van der Waals surface area contributed by atoms with Crippen molar-refractivity contribution >= 4 is 11.6 Å². The molecule has 2 nitrogen and oxygen atoms in total. The molecule has 1 fully saturated rings. The summed E-state index contributed by atoms with van der Waals surface area (Å²) in [6.07, 6.45) is 0.968. The van der Waals surface area contributed by atoms with Gasteiger partial charge in [-0.15, -0.1) is 0 Å². The van der Waals surface area contributed by atoms with Crippen LogP contribution < -0.4 is 0 Å². The molecule has 0 bridgehead atoms. The molecule has 1 aromatic carbocycles. The lowest BCUT2D eigenvalue weighted by molar-refractivity contribution is -0.103. The topological polar surface area (TPSA) is 44.0 Å². The Morgan fingerprint density at radius 1 is 1.44 bits per heavy atom. The largest absolute Gasteiger partial charge is 0.385 e. The van der Waals surface area contributed by atoms with Gasteiger partial charge in [-0.05, 0) is 43.9 Å². The molecule has 0 atom stereocenters. The number of halogens is 1. The van der Waals surface area contributed by atoms with E-state index in [-0.39, 0.29) is 0 Å². The minimum absolute atomic E-state index is 0.399. The van der Waals surface area contributed by atoms with E-state index in [1.54, 1.807) is 0 Å². The van der Waals surface area contributed by atoms with Crippen LogP contribution in [0.4, 0.5) is 0 Å². The van der Waals surface area contributed by atoms with Crippen LogP contribution in [0, 0.1) is 23.7 Å². The third-order valence-electron chi connectivity index (χ3n) is 3.40. The summed E-state index contributed by atoms with van der Waals surface area (Å²) in [7, 11) is 0. The van der Waals surface area contributed by atoms with Gasteiger partial charge in [0, 0.05) is 5.02 Å². The van der Waals surface area contributed by atoms with E-state index in [1.807, 2.05) is 32.0 Å². The molecule has 1 aliphatic rings. The molecule has 0 amide bonds. The Morgan fingerprint density at radius 3 is 2.62 bits per heavy atom. The van der Waals surface area contributed by atoms with Gasteiger partial charge in [-0.1, -0.05) is 23.7 Å². The van der Waals surface area contributed by atoms with Crippen LogP contribution >= 0.6 is 11.6 Å². The summed E-state index contributed by atoms with van der Waals surface area (Å²) in [6.45, 7) is 3.78. The lowest BCUT2D eigenvalue weighted by Crippen LogP contribution is -2.47. The molecule has 0 radical (unpaired) electrons. The van der Waals surface area contributed by atoms with Crippen LogP contribution in [0.3, 0.4) is 0 Å². The van der Waals surface area contributed by atoms with E-state index in [2.05, 4.69) is 6.07 Å². The summed E-state index contributed by atoms with van der Waals surface area (Å²) < 4.78 is 0. The molecule has 3 heteroatoms. The molecular weight excluding hydrogens is 222 g/mol. The zero-order valence-electron chi connectivity index (χ0n) is 9.42. The number of nitriles is 1. The lowest BCUT2D eigenvalue weighted by atomic mass is 9.58. The van der Waals surface area contributed by atoms with Crippen LogP contribution in [0.25, 0.3) is 0 Å². The van der Waals surface area contributed by atoms with Crippen LogP contribution in [-0.2, 0) is 5.60 Å². The SMILES string of the molecule is Cc1c(Cl)cccc1C1(O)CC(C)(C#N)C1. The Hall–Kier alpha value is -1.04. The summed E-state index contributed by atoms with van der Waals surface area (Å²) in [5, 5.41) is 20.1. The smallest absolute Gasteiger partial charge is 0.0929 e. The third kappa shape index (κ3) is 1.61. The molecular formula is C13H14ClNO. The molecule has 0 heterocycles. The van der Waals surface area contributed by atoms with Gasteiger partial charge >= 0.3 is 0 Å². The molecule has 0 aliphatic heterocycles. The van der Waals surface area contributed by atoms with Gasteiger partial charge in [0.05, 0.1) is 17.1 Å².